The molecule has 1 heterocycles. The van der Waals surface area contributed by atoms with Gasteiger partial charge in [-0.1, -0.05) is 6.07 Å². The van der Waals surface area contributed by atoms with E-state index in [9.17, 15) is 15.2 Å². The topological polar surface area (TPSA) is 92.6 Å². The van der Waals surface area contributed by atoms with E-state index in [4.69, 9.17) is 5.73 Å². The van der Waals surface area contributed by atoms with E-state index in [1.54, 1.807) is 12.1 Å². The van der Waals surface area contributed by atoms with Crippen LogP contribution in [0.5, 0.6) is 0 Å². The first-order valence-corrected chi connectivity index (χ1v) is 5.49. The SMILES string of the molecule is Nc1cc(CN2CCC(O)C2)ccc1[N+](=O)[O-]. The molecule has 1 aliphatic heterocycles. The van der Waals surface area contributed by atoms with Crippen LogP contribution >= 0.6 is 0 Å². The molecule has 6 nitrogen and oxygen atoms in total. The Morgan fingerprint density at radius 1 is 1.59 bits per heavy atom. The second-order valence-corrected chi connectivity index (χ2v) is 4.33. The van der Waals surface area contributed by atoms with Crippen LogP contribution in [0.25, 0.3) is 0 Å². The van der Waals surface area contributed by atoms with E-state index in [-0.39, 0.29) is 17.5 Å². The van der Waals surface area contributed by atoms with E-state index in [0.717, 1.165) is 18.5 Å². The van der Waals surface area contributed by atoms with E-state index in [2.05, 4.69) is 4.90 Å². The molecule has 1 saturated heterocycles. The van der Waals surface area contributed by atoms with Crippen molar-refractivity contribution < 1.29 is 10.0 Å². The minimum Gasteiger partial charge on any atom is -0.393 e. The highest BCUT2D eigenvalue weighted by Gasteiger charge is 2.20. The number of β-amino-alcohol motifs (C(OH)–C–C–N with tert-alkyl or cyclic N) is 1. The molecule has 92 valence electrons. The Hall–Kier alpha value is -1.66. The predicted molar refractivity (Wildman–Crippen MR) is 63.4 cm³/mol. The van der Waals surface area contributed by atoms with Gasteiger partial charge in [0.15, 0.2) is 0 Å². The Morgan fingerprint density at radius 2 is 2.35 bits per heavy atom. The standard InChI is InChI=1S/C11H15N3O3/c12-10-5-8(1-2-11(10)14(16)17)6-13-4-3-9(15)7-13/h1-2,5,9,15H,3-4,6-7,12H2. The lowest BCUT2D eigenvalue weighted by atomic mass is 10.1. The first-order chi connectivity index (χ1) is 8.06. The molecule has 1 unspecified atom stereocenters. The van der Waals surface area contributed by atoms with Crippen molar-refractivity contribution in [3.8, 4) is 0 Å². The van der Waals surface area contributed by atoms with Gasteiger partial charge in [-0.15, -0.1) is 0 Å². The van der Waals surface area contributed by atoms with E-state index in [0.29, 0.717) is 13.1 Å². The number of aliphatic hydroxyl groups is 1. The monoisotopic (exact) mass is 237 g/mol. The minimum absolute atomic E-state index is 0.0600. The van der Waals surface area contributed by atoms with Crippen LogP contribution in [0.2, 0.25) is 0 Å². The zero-order chi connectivity index (χ0) is 12.4. The number of nitrogens with two attached hydrogens (primary N) is 1. The van der Waals surface area contributed by atoms with E-state index in [1.807, 2.05) is 0 Å². The molecule has 0 aromatic heterocycles. The normalized spacial score (nSPS) is 20.6. The quantitative estimate of drug-likeness (QED) is 0.459. The molecule has 0 saturated carbocycles. The summed E-state index contributed by atoms with van der Waals surface area (Å²) in [5.41, 5.74) is 6.67. The lowest BCUT2D eigenvalue weighted by Gasteiger charge is -2.14. The number of hydrogen-bond acceptors (Lipinski definition) is 5. The molecule has 6 heteroatoms. The number of nitrogen functional groups attached to an aromatic ring is 1. The van der Waals surface area contributed by atoms with Crippen LogP contribution < -0.4 is 5.73 Å². The largest absolute Gasteiger partial charge is 0.393 e. The van der Waals surface area contributed by atoms with Crippen LogP contribution in [0.1, 0.15) is 12.0 Å². The van der Waals surface area contributed by atoms with Crippen molar-refractivity contribution in [2.24, 2.45) is 0 Å². The summed E-state index contributed by atoms with van der Waals surface area (Å²) in [6, 6.07) is 4.76. The van der Waals surface area contributed by atoms with Crippen molar-refractivity contribution in [3.05, 3.63) is 33.9 Å². The van der Waals surface area contributed by atoms with Crippen molar-refractivity contribution in [2.45, 2.75) is 19.1 Å². The van der Waals surface area contributed by atoms with Gasteiger partial charge in [0.05, 0.1) is 11.0 Å². The third kappa shape index (κ3) is 2.72. The van der Waals surface area contributed by atoms with Crippen LogP contribution in [0.4, 0.5) is 11.4 Å². The maximum Gasteiger partial charge on any atom is 0.292 e. The average Bonchev–Trinajstić information content (AvgIpc) is 2.63. The zero-order valence-corrected chi connectivity index (χ0v) is 9.37. The van der Waals surface area contributed by atoms with Crippen molar-refractivity contribution >= 4 is 11.4 Å². The number of aliphatic hydroxyl groups excluding tert-OH is 1. The smallest absolute Gasteiger partial charge is 0.292 e. The molecule has 0 bridgehead atoms. The Labute approximate surface area is 98.8 Å². The van der Waals surface area contributed by atoms with Crippen molar-refractivity contribution in [3.63, 3.8) is 0 Å². The summed E-state index contributed by atoms with van der Waals surface area (Å²) in [6.45, 7) is 2.16. The number of hydrogen-bond donors (Lipinski definition) is 2. The fourth-order valence-electron chi connectivity index (χ4n) is 2.08. The molecule has 1 aromatic rings. The van der Waals surface area contributed by atoms with Gasteiger partial charge in [-0.05, 0) is 18.1 Å². The summed E-state index contributed by atoms with van der Waals surface area (Å²) in [5.74, 6) is 0. The molecule has 0 amide bonds. The number of nitro groups is 1. The van der Waals surface area contributed by atoms with Gasteiger partial charge in [0.2, 0.25) is 0 Å². The highest BCUT2D eigenvalue weighted by atomic mass is 16.6. The molecular weight excluding hydrogens is 222 g/mol. The molecule has 0 spiro atoms. The predicted octanol–water partition coefficient (Wildman–Crippen LogP) is 0.744. The van der Waals surface area contributed by atoms with E-state index < -0.39 is 4.92 Å². The molecular formula is C11H15N3O3. The Kier molecular flexibility index (Phi) is 3.26. The zero-order valence-electron chi connectivity index (χ0n) is 9.37. The van der Waals surface area contributed by atoms with Crippen LogP contribution in [0.15, 0.2) is 18.2 Å². The van der Waals surface area contributed by atoms with Crippen LogP contribution in [0, 0.1) is 10.1 Å². The molecule has 0 radical (unpaired) electrons. The maximum absolute atomic E-state index is 10.6. The Bertz CT molecular complexity index is 436. The highest BCUT2D eigenvalue weighted by molar-refractivity contribution is 5.59. The number of nitrogens with zero attached hydrogens (tertiary/aromatic N) is 2. The molecule has 17 heavy (non-hydrogen) atoms. The molecule has 1 atom stereocenters. The Balaban J connectivity index is 2.07. The van der Waals surface area contributed by atoms with Crippen molar-refractivity contribution in [1.82, 2.24) is 4.90 Å². The van der Waals surface area contributed by atoms with E-state index in [1.165, 1.54) is 6.07 Å². The van der Waals surface area contributed by atoms with Crippen molar-refractivity contribution in [2.75, 3.05) is 18.8 Å². The van der Waals surface area contributed by atoms with E-state index >= 15 is 0 Å². The van der Waals surface area contributed by atoms with Gasteiger partial charge in [-0.2, -0.15) is 0 Å². The molecule has 0 aliphatic carbocycles. The molecule has 1 fully saturated rings. The lowest BCUT2D eigenvalue weighted by Crippen LogP contribution is -2.21. The van der Waals surface area contributed by atoms with Gasteiger partial charge in [0.25, 0.3) is 5.69 Å². The number of anilines is 1. The molecule has 1 aliphatic rings. The first kappa shape index (κ1) is 11.8. The van der Waals surface area contributed by atoms with Crippen LogP contribution in [-0.4, -0.2) is 34.1 Å². The maximum atomic E-state index is 10.6. The van der Waals surface area contributed by atoms with Gasteiger partial charge in [-0.3, -0.25) is 15.0 Å². The fourth-order valence-corrected chi connectivity index (χ4v) is 2.08. The van der Waals surface area contributed by atoms with Gasteiger partial charge in [0, 0.05) is 25.7 Å². The van der Waals surface area contributed by atoms with Gasteiger partial charge in [0.1, 0.15) is 5.69 Å². The summed E-state index contributed by atoms with van der Waals surface area (Å²) < 4.78 is 0. The summed E-state index contributed by atoms with van der Waals surface area (Å²) in [5, 5.41) is 20.0. The van der Waals surface area contributed by atoms with Crippen LogP contribution in [0.3, 0.4) is 0 Å². The summed E-state index contributed by atoms with van der Waals surface area (Å²) in [7, 11) is 0. The lowest BCUT2D eigenvalue weighted by molar-refractivity contribution is -0.383. The highest BCUT2D eigenvalue weighted by Crippen LogP contribution is 2.23. The number of rotatable bonds is 3. The Morgan fingerprint density at radius 3 is 2.88 bits per heavy atom. The average molecular weight is 237 g/mol. The number of nitro benzene ring substituents is 1. The summed E-state index contributed by atoms with van der Waals surface area (Å²) >= 11 is 0. The van der Waals surface area contributed by atoms with Gasteiger partial charge < -0.3 is 10.8 Å². The minimum atomic E-state index is -0.487. The number of benzene rings is 1. The number of likely N-dealkylation sites (tertiary alicyclic amines) is 1. The second kappa shape index (κ2) is 4.68. The third-order valence-electron chi connectivity index (χ3n) is 2.94. The van der Waals surface area contributed by atoms with Crippen molar-refractivity contribution in [1.29, 1.82) is 0 Å². The second-order valence-electron chi connectivity index (χ2n) is 4.33. The molecule has 1 aromatic carbocycles. The molecule has 3 N–H and O–H groups in total. The third-order valence-corrected chi connectivity index (χ3v) is 2.94. The van der Waals surface area contributed by atoms with Crippen LogP contribution in [-0.2, 0) is 6.54 Å². The molecule has 2 rings (SSSR count). The van der Waals surface area contributed by atoms with Gasteiger partial charge in [-0.25, -0.2) is 0 Å². The summed E-state index contributed by atoms with van der Waals surface area (Å²) in [6.07, 6.45) is 0.521. The summed E-state index contributed by atoms with van der Waals surface area (Å²) in [4.78, 5) is 12.2. The first-order valence-electron chi connectivity index (χ1n) is 5.49. The fraction of sp³-hybridized carbons (Fsp3) is 0.455. The van der Waals surface area contributed by atoms with Gasteiger partial charge >= 0.3 is 0 Å².